The highest BCUT2D eigenvalue weighted by Gasteiger charge is 2.26. The topological polar surface area (TPSA) is 80.0 Å². The Bertz CT molecular complexity index is 2030. The van der Waals surface area contributed by atoms with Crippen LogP contribution in [0.4, 0.5) is 5.69 Å². The van der Waals surface area contributed by atoms with Gasteiger partial charge < -0.3 is 14.1 Å². The minimum absolute atomic E-state index is 0.385. The summed E-state index contributed by atoms with van der Waals surface area (Å²) in [5, 5.41) is 0.637. The third-order valence-corrected chi connectivity index (χ3v) is 9.29. The lowest BCUT2D eigenvalue weighted by atomic mass is 10.0. The van der Waals surface area contributed by atoms with Crippen molar-refractivity contribution in [3.8, 4) is 28.0 Å². The van der Waals surface area contributed by atoms with Crippen LogP contribution in [0.25, 0.3) is 39.3 Å². The number of fused-ring (bicyclic) bond motifs is 2. The van der Waals surface area contributed by atoms with Crippen LogP contribution in [-0.4, -0.2) is 19.5 Å². The molecule has 2 heterocycles. The molecule has 0 atom stereocenters. The van der Waals surface area contributed by atoms with Gasteiger partial charge in [-0.25, -0.2) is 0 Å². The van der Waals surface area contributed by atoms with E-state index in [9.17, 15) is 13.0 Å². The molecule has 1 aliphatic rings. The first-order valence-corrected chi connectivity index (χ1v) is 17.4. The maximum atomic E-state index is 12.1. The summed E-state index contributed by atoms with van der Waals surface area (Å²) in [6, 6.07) is 27.9. The predicted molar refractivity (Wildman–Crippen MR) is 184 cm³/mol. The highest BCUT2D eigenvalue weighted by molar-refractivity contribution is 9.10. The van der Waals surface area contributed by atoms with Gasteiger partial charge in [0.15, 0.2) is 5.75 Å². The Morgan fingerprint density at radius 2 is 1.43 bits per heavy atom. The lowest BCUT2D eigenvalue weighted by Gasteiger charge is -2.16. The van der Waals surface area contributed by atoms with E-state index in [-0.39, 0.29) is 0 Å². The Hall–Kier alpha value is -3.63. The molecule has 0 saturated carbocycles. The predicted octanol–water partition coefficient (Wildman–Crippen LogP) is 10.2. The second-order valence-corrected chi connectivity index (χ2v) is 13.8. The summed E-state index contributed by atoms with van der Waals surface area (Å²) in [6.07, 6.45) is 4.43. The first-order valence-electron chi connectivity index (χ1n) is 14.2. The Morgan fingerprint density at radius 1 is 0.841 bits per heavy atom. The van der Waals surface area contributed by atoms with Crippen molar-refractivity contribution in [1.29, 1.82) is 0 Å². The summed E-state index contributed by atoms with van der Waals surface area (Å²) in [5.74, 6) is 1.26. The normalized spacial score (nSPS) is 14.3. The quantitative estimate of drug-likeness (QED) is 0.160. The van der Waals surface area contributed by atoms with E-state index in [4.69, 9.17) is 9.15 Å². The average Bonchev–Trinajstić information content (AvgIpc) is 3.52. The number of furan rings is 1. The van der Waals surface area contributed by atoms with Crippen LogP contribution in [0.15, 0.2) is 116 Å². The smallest absolute Gasteiger partial charge is 0.269 e. The zero-order valence-electron chi connectivity index (χ0n) is 24.1. The van der Waals surface area contributed by atoms with Crippen molar-refractivity contribution >= 4 is 64.7 Å². The summed E-state index contributed by atoms with van der Waals surface area (Å²) in [7, 11) is -4.33. The SMILES string of the molecule is CCC(/C=C1\Oc2ccc(-c3ccc(Br)cc3)cc2N1CC)=C\c1oc2ccc(-c3ccc(Br)cc3)cc2c1CS(=O)(=O)O. The molecule has 1 N–H and O–H groups in total. The molecule has 0 aliphatic carbocycles. The number of benzene rings is 4. The average molecular weight is 735 g/mol. The minimum Gasteiger partial charge on any atom is -0.456 e. The van der Waals surface area contributed by atoms with E-state index in [0.29, 0.717) is 41.1 Å². The third-order valence-electron chi connectivity index (χ3n) is 7.58. The first-order chi connectivity index (χ1) is 21.1. The number of hydrogen-bond acceptors (Lipinski definition) is 5. The molecule has 0 radical (unpaired) electrons. The molecule has 0 spiro atoms. The number of hydrogen-bond donors (Lipinski definition) is 1. The van der Waals surface area contributed by atoms with E-state index < -0.39 is 15.9 Å². The number of halogens is 2. The third kappa shape index (κ3) is 6.42. The van der Waals surface area contributed by atoms with Gasteiger partial charge in [0, 0.05) is 32.5 Å². The summed E-state index contributed by atoms with van der Waals surface area (Å²) in [5.41, 5.74) is 6.89. The van der Waals surface area contributed by atoms with Gasteiger partial charge in [0.05, 0.1) is 5.69 Å². The minimum atomic E-state index is -4.33. The lowest BCUT2D eigenvalue weighted by Crippen LogP contribution is -2.19. The fourth-order valence-corrected chi connectivity index (χ4v) is 6.56. The Labute approximate surface area is 273 Å². The van der Waals surface area contributed by atoms with Crippen LogP contribution in [0.1, 0.15) is 31.6 Å². The molecule has 1 aliphatic heterocycles. The van der Waals surface area contributed by atoms with Gasteiger partial charge in [-0.15, -0.1) is 0 Å². The van der Waals surface area contributed by atoms with Crippen molar-refractivity contribution in [2.75, 3.05) is 11.4 Å². The van der Waals surface area contributed by atoms with Crippen LogP contribution in [0, 0.1) is 0 Å². The maximum Gasteiger partial charge on any atom is 0.269 e. The highest BCUT2D eigenvalue weighted by atomic mass is 79.9. The van der Waals surface area contributed by atoms with Gasteiger partial charge in [-0.05, 0) is 95.8 Å². The summed E-state index contributed by atoms with van der Waals surface area (Å²) < 4.78 is 48.6. The molecule has 0 bridgehead atoms. The van der Waals surface area contributed by atoms with Gasteiger partial charge in [-0.1, -0.05) is 75.2 Å². The fraction of sp³-hybridized carbons (Fsp3) is 0.143. The van der Waals surface area contributed by atoms with Crippen LogP contribution in [0.5, 0.6) is 5.75 Å². The van der Waals surface area contributed by atoms with E-state index in [1.807, 2.05) is 85.8 Å². The number of anilines is 1. The largest absolute Gasteiger partial charge is 0.456 e. The molecule has 0 amide bonds. The maximum absolute atomic E-state index is 12.1. The Morgan fingerprint density at radius 3 is 2.02 bits per heavy atom. The molecule has 0 fully saturated rings. The molecule has 0 saturated heterocycles. The molecule has 224 valence electrons. The van der Waals surface area contributed by atoms with Crippen molar-refractivity contribution in [3.63, 3.8) is 0 Å². The fourth-order valence-electron chi connectivity index (χ4n) is 5.37. The number of nitrogens with zero attached hydrogens (tertiary/aromatic N) is 1. The molecule has 44 heavy (non-hydrogen) atoms. The molecule has 4 aromatic carbocycles. The van der Waals surface area contributed by atoms with E-state index >= 15 is 0 Å². The molecular weight excluding hydrogens is 706 g/mol. The van der Waals surface area contributed by atoms with E-state index in [2.05, 4.69) is 61.9 Å². The number of ether oxygens (including phenoxy) is 1. The number of rotatable bonds is 8. The van der Waals surface area contributed by atoms with Crippen LogP contribution in [0.3, 0.4) is 0 Å². The first kappa shape index (κ1) is 30.4. The zero-order chi connectivity index (χ0) is 31.0. The molecule has 5 aromatic rings. The second-order valence-electron chi connectivity index (χ2n) is 10.5. The summed E-state index contributed by atoms with van der Waals surface area (Å²) >= 11 is 6.97. The monoisotopic (exact) mass is 733 g/mol. The summed E-state index contributed by atoms with van der Waals surface area (Å²) in [6.45, 7) is 4.78. The van der Waals surface area contributed by atoms with Gasteiger partial charge in [0.1, 0.15) is 17.1 Å². The van der Waals surface area contributed by atoms with Crippen molar-refractivity contribution in [2.24, 2.45) is 0 Å². The van der Waals surface area contributed by atoms with Crippen molar-refractivity contribution in [1.82, 2.24) is 0 Å². The van der Waals surface area contributed by atoms with E-state index in [1.54, 1.807) is 0 Å². The van der Waals surface area contributed by atoms with Crippen LogP contribution in [0.2, 0.25) is 0 Å². The molecule has 6 rings (SSSR count). The molecular formula is C35H29Br2NO5S. The Balaban J connectivity index is 1.39. The van der Waals surface area contributed by atoms with Crippen LogP contribution in [-0.2, 0) is 15.9 Å². The van der Waals surface area contributed by atoms with E-state index in [1.165, 1.54) is 0 Å². The molecule has 1 aromatic heterocycles. The standard InChI is InChI=1S/C35H29Br2NO5S/c1-3-22(18-35-38(4-2)31-20-26(10-16-33(31)43-35)24-7-13-28(37)14-8-24)17-34-30(21-44(39,40)41)29-19-25(9-15-32(29)42-34)23-5-11-27(36)12-6-23/h5-20H,3-4,21H2,1-2H3,(H,39,40,41)/b22-17+,35-18-. The Kier molecular flexibility index (Phi) is 8.57. The molecule has 6 nitrogen and oxygen atoms in total. The summed E-state index contributed by atoms with van der Waals surface area (Å²) in [4.78, 5) is 2.11. The van der Waals surface area contributed by atoms with Gasteiger partial charge in [0.25, 0.3) is 10.1 Å². The second kappa shape index (κ2) is 12.4. The van der Waals surface area contributed by atoms with Crippen molar-refractivity contribution in [2.45, 2.75) is 26.0 Å². The molecule has 0 unspecified atom stereocenters. The van der Waals surface area contributed by atoms with Gasteiger partial charge in [-0.2, -0.15) is 8.42 Å². The van der Waals surface area contributed by atoms with Crippen LogP contribution >= 0.6 is 31.9 Å². The van der Waals surface area contributed by atoms with Crippen molar-refractivity contribution in [3.05, 3.63) is 123 Å². The zero-order valence-corrected chi connectivity index (χ0v) is 28.0. The van der Waals surface area contributed by atoms with Gasteiger partial charge in [-0.3, -0.25) is 4.55 Å². The number of allylic oxidation sites excluding steroid dienone is 2. The lowest BCUT2D eigenvalue weighted by molar-refractivity contribution is 0.439. The van der Waals surface area contributed by atoms with E-state index in [0.717, 1.165) is 48.2 Å². The van der Waals surface area contributed by atoms with Gasteiger partial charge in [0.2, 0.25) is 5.88 Å². The van der Waals surface area contributed by atoms with Gasteiger partial charge >= 0.3 is 0 Å². The highest BCUT2D eigenvalue weighted by Crippen LogP contribution is 2.42. The van der Waals surface area contributed by atoms with Crippen molar-refractivity contribution < 1.29 is 22.1 Å². The molecule has 9 heteroatoms. The van der Waals surface area contributed by atoms with Crippen LogP contribution < -0.4 is 9.64 Å².